The first kappa shape index (κ1) is 11.7. The molecule has 1 saturated carbocycles. The number of aliphatic hydroxyl groups is 1. The van der Waals surface area contributed by atoms with E-state index in [4.69, 9.17) is 0 Å². The summed E-state index contributed by atoms with van der Waals surface area (Å²) >= 11 is 0. The van der Waals surface area contributed by atoms with E-state index in [0.29, 0.717) is 0 Å². The highest BCUT2D eigenvalue weighted by Crippen LogP contribution is 2.32. The van der Waals surface area contributed by atoms with Crippen LogP contribution in [-0.4, -0.2) is 10.7 Å². The molecule has 16 heavy (non-hydrogen) atoms. The SMILES string of the molecule is OC1(CCCc2ccccc2)CCCCC1. The summed E-state index contributed by atoms with van der Waals surface area (Å²) in [7, 11) is 0. The molecule has 0 heterocycles. The van der Waals surface area contributed by atoms with Crippen LogP contribution in [0.4, 0.5) is 0 Å². The van der Waals surface area contributed by atoms with Gasteiger partial charge in [-0.05, 0) is 37.7 Å². The molecule has 1 heteroatoms. The molecule has 0 saturated heterocycles. The van der Waals surface area contributed by atoms with Crippen LogP contribution in [0, 0.1) is 0 Å². The van der Waals surface area contributed by atoms with Crippen molar-refractivity contribution in [1.82, 2.24) is 0 Å². The topological polar surface area (TPSA) is 20.2 Å². The molecule has 1 N–H and O–H groups in total. The molecule has 0 bridgehead atoms. The third-order valence-electron chi connectivity index (χ3n) is 3.73. The number of hydrogen-bond donors (Lipinski definition) is 1. The molecule has 1 aromatic carbocycles. The Kier molecular flexibility index (Phi) is 4.00. The highest BCUT2D eigenvalue weighted by molar-refractivity contribution is 5.14. The van der Waals surface area contributed by atoms with E-state index < -0.39 is 0 Å². The molecule has 1 aliphatic carbocycles. The van der Waals surface area contributed by atoms with Crippen molar-refractivity contribution in [2.75, 3.05) is 0 Å². The van der Waals surface area contributed by atoms with Crippen LogP contribution in [0.5, 0.6) is 0 Å². The molecular formula is C15H22O. The zero-order chi connectivity index (χ0) is 11.3. The van der Waals surface area contributed by atoms with Gasteiger partial charge < -0.3 is 5.11 Å². The molecule has 0 aromatic heterocycles. The van der Waals surface area contributed by atoms with Crippen molar-refractivity contribution >= 4 is 0 Å². The van der Waals surface area contributed by atoms with Gasteiger partial charge >= 0.3 is 0 Å². The van der Waals surface area contributed by atoms with E-state index >= 15 is 0 Å². The van der Waals surface area contributed by atoms with Gasteiger partial charge in [-0.25, -0.2) is 0 Å². The van der Waals surface area contributed by atoms with Crippen molar-refractivity contribution in [2.24, 2.45) is 0 Å². The van der Waals surface area contributed by atoms with E-state index in [2.05, 4.69) is 30.3 Å². The molecule has 1 aromatic rings. The molecule has 1 aliphatic rings. The van der Waals surface area contributed by atoms with Crippen molar-refractivity contribution in [1.29, 1.82) is 0 Å². The van der Waals surface area contributed by atoms with Crippen molar-refractivity contribution in [2.45, 2.75) is 57.0 Å². The van der Waals surface area contributed by atoms with Gasteiger partial charge in [-0.2, -0.15) is 0 Å². The molecule has 0 aliphatic heterocycles. The Morgan fingerprint density at radius 2 is 1.69 bits per heavy atom. The Balaban J connectivity index is 1.75. The summed E-state index contributed by atoms with van der Waals surface area (Å²) in [6, 6.07) is 10.6. The zero-order valence-corrected chi connectivity index (χ0v) is 9.99. The number of hydrogen-bond acceptors (Lipinski definition) is 1. The molecule has 0 amide bonds. The first-order chi connectivity index (χ1) is 7.79. The van der Waals surface area contributed by atoms with Crippen LogP contribution in [0.2, 0.25) is 0 Å². The molecule has 0 spiro atoms. The van der Waals surface area contributed by atoms with Crippen LogP contribution >= 0.6 is 0 Å². The van der Waals surface area contributed by atoms with E-state index in [9.17, 15) is 5.11 Å². The standard InChI is InChI=1S/C15H22O/c16-15(11-5-2-6-12-15)13-7-10-14-8-3-1-4-9-14/h1,3-4,8-9,16H,2,5-7,10-13H2. The van der Waals surface area contributed by atoms with Gasteiger partial charge in [0.15, 0.2) is 0 Å². The van der Waals surface area contributed by atoms with Gasteiger partial charge in [0.2, 0.25) is 0 Å². The summed E-state index contributed by atoms with van der Waals surface area (Å²) in [6.45, 7) is 0. The van der Waals surface area contributed by atoms with Gasteiger partial charge in [-0.15, -0.1) is 0 Å². The summed E-state index contributed by atoms with van der Waals surface area (Å²) in [5, 5.41) is 10.3. The van der Waals surface area contributed by atoms with Crippen LogP contribution < -0.4 is 0 Å². The van der Waals surface area contributed by atoms with Crippen molar-refractivity contribution in [3.63, 3.8) is 0 Å². The van der Waals surface area contributed by atoms with Crippen LogP contribution in [0.3, 0.4) is 0 Å². The smallest absolute Gasteiger partial charge is 0.0648 e. The predicted octanol–water partition coefficient (Wildman–Crippen LogP) is 3.70. The summed E-state index contributed by atoms with van der Waals surface area (Å²) in [4.78, 5) is 0. The van der Waals surface area contributed by atoms with E-state index in [1.165, 1.54) is 24.8 Å². The monoisotopic (exact) mass is 218 g/mol. The predicted molar refractivity (Wildman–Crippen MR) is 67.4 cm³/mol. The summed E-state index contributed by atoms with van der Waals surface area (Å²) in [5.74, 6) is 0. The summed E-state index contributed by atoms with van der Waals surface area (Å²) < 4.78 is 0. The quantitative estimate of drug-likeness (QED) is 0.817. The van der Waals surface area contributed by atoms with Gasteiger partial charge in [0.05, 0.1) is 5.60 Å². The maximum absolute atomic E-state index is 10.3. The third-order valence-corrected chi connectivity index (χ3v) is 3.73. The summed E-state index contributed by atoms with van der Waals surface area (Å²) in [6.07, 6.45) is 8.94. The van der Waals surface area contributed by atoms with E-state index in [1.54, 1.807) is 0 Å². The fraction of sp³-hybridized carbons (Fsp3) is 0.600. The van der Waals surface area contributed by atoms with Crippen LogP contribution in [0.1, 0.15) is 50.5 Å². The lowest BCUT2D eigenvalue weighted by Gasteiger charge is -2.32. The van der Waals surface area contributed by atoms with Gasteiger partial charge in [-0.1, -0.05) is 49.6 Å². The first-order valence-corrected chi connectivity index (χ1v) is 6.55. The second-order valence-electron chi connectivity index (χ2n) is 5.12. The lowest BCUT2D eigenvalue weighted by Crippen LogP contribution is -2.31. The van der Waals surface area contributed by atoms with E-state index in [-0.39, 0.29) is 5.60 Å². The second kappa shape index (κ2) is 5.49. The number of rotatable bonds is 4. The van der Waals surface area contributed by atoms with Crippen molar-refractivity contribution < 1.29 is 5.11 Å². The lowest BCUT2D eigenvalue weighted by atomic mass is 9.81. The third kappa shape index (κ3) is 3.34. The van der Waals surface area contributed by atoms with Crippen LogP contribution in [0.15, 0.2) is 30.3 Å². The van der Waals surface area contributed by atoms with Gasteiger partial charge in [-0.3, -0.25) is 0 Å². The largest absolute Gasteiger partial charge is 0.390 e. The highest BCUT2D eigenvalue weighted by atomic mass is 16.3. The van der Waals surface area contributed by atoms with Crippen LogP contribution in [-0.2, 0) is 6.42 Å². The lowest BCUT2D eigenvalue weighted by molar-refractivity contribution is -0.00526. The average molecular weight is 218 g/mol. The van der Waals surface area contributed by atoms with Gasteiger partial charge in [0.1, 0.15) is 0 Å². The molecular weight excluding hydrogens is 196 g/mol. The molecule has 0 unspecified atom stereocenters. The fourth-order valence-corrected chi connectivity index (χ4v) is 2.73. The molecule has 1 fully saturated rings. The zero-order valence-electron chi connectivity index (χ0n) is 9.99. The fourth-order valence-electron chi connectivity index (χ4n) is 2.73. The van der Waals surface area contributed by atoms with Gasteiger partial charge in [0.25, 0.3) is 0 Å². The van der Waals surface area contributed by atoms with E-state index in [1.807, 2.05) is 0 Å². The number of benzene rings is 1. The second-order valence-corrected chi connectivity index (χ2v) is 5.12. The molecule has 1 nitrogen and oxygen atoms in total. The maximum Gasteiger partial charge on any atom is 0.0648 e. The first-order valence-electron chi connectivity index (χ1n) is 6.55. The minimum atomic E-state index is -0.340. The Hall–Kier alpha value is -0.820. The Labute approximate surface area is 98.5 Å². The highest BCUT2D eigenvalue weighted by Gasteiger charge is 2.28. The average Bonchev–Trinajstić information content (AvgIpc) is 2.31. The van der Waals surface area contributed by atoms with Gasteiger partial charge in [0, 0.05) is 0 Å². The Bertz CT molecular complexity index is 298. The van der Waals surface area contributed by atoms with Crippen LogP contribution in [0.25, 0.3) is 0 Å². The normalized spacial score (nSPS) is 19.6. The minimum Gasteiger partial charge on any atom is -0.390 e. The Morgan fingerprint density at radius 1 is 1.00 bits per heavy atom. The maximum atomic E-state index is 10.3. The van der Waals surface area contributed by atoms with E-state index in [0.717, 1.165) is 32.1 Å². The molecule has 0 atom stereocenters. The summed E-state index contributed by atoms with van der Waals surface area (Å²) in [5.41, 5.74) is 1.05. The minimum absolute atomic E-state index is 0.340. The molecule has 0 radical (unpaired) electrons. The number of aryl methyl sites for hydroxylation is 1. The Morgan fingerprint density at radius 3 is 2.38 bits per heavy atom. The molecule has 2 rings (SSSR count). The van der Waals surface area contributed by atoms with Crippen molar-refractivity contribution in [3.8, 4) is 0 Å². The van der Waals surface area contributed by atoms with Crippen molar-refractivity contribution in [3.05, 3.63) is 35.9 Å². The molecule has 88 valence electrons.